The van der Waals surface area contributed by atoms with Gasteiger partial charge in [-0.05, 0) is 43.4 Å². The summed E-state index contributed by atoms with van der Waals surface area (Å²) in [4.78, 5) is 22.5. The van der Waals surface area contributed by atoms with E-state index in [0.29, 0.717) is 10.8 Å². The van der Waals surface area contributed by atoms with Crippen molar-refractivity contribution in [1.29, 1.82) is 0 Å². The van der Waals surface area contributed by atoms with Crippen molar-refractivity contribution in [3.05, 3.63) is 80.7 Å². The van der Waals surface area contributed by atoms with Gasteiger partial charge in [0, 0.05) is 30.2 Å². The summed E-state index contributed by atoms with van der Waals surface area (Å²) >= 11 is 7.74. The Bertz CT molecular complexity index is 1530. The Hall–Kier alpha value is -3.74. The maximum Gasteiger partial charge on any atom is 0.222 e. The standard InChI is InChI=1S/C25H22ClN7OS/c1-14-20(10-9-18-12-28-13-32(18)4)35-25-22(14)23(16-5-7-17(26)8-6-16)29-19(11-21(34)27-3)24-31-30-15(2)33(24)25/h5-8,12-13,19H,11H2,1-4H3,(H,27,34)/t19-/m0/s1. The van der Waals surface area contributed by atoms with Gasteiger partial charge in [-0.15, -0.1) is 21.5 Å². The zero-order chi connectivity index (χ0) is 24.7. The highest BCUT2D eigenvalue weighted by Gasteiger charge is 2.32. The monoisotopic (exact) mass is 503 g/mol. The van der Waals surface area contributed by atoms with Gasteiger partial charge in [-0.1, -0.05) is 23.7 Å². The van der Waals surface area contributed by atoms with E-state index in [2.05, 4.69) is 32.3 Å². The molecule has 10 heteroatoms. The Labute approximate surface area is 211 Å². The van der Waals surface area contributed by atoms with Crippen molar-refractivity contribution < 1.29 is 4.79 Å². The summed E-state index contributed by atoms with van der Waals surface area (Å²) in [7, 11) is 3.53. The van der Waals surface area contributed by atoms with E-state index in [0.717, 1.165) is 43.8 Å². The molecule has 5 rings (SSSR count). The first kappa shape index (κ1) is 23.0. The van der Waals surface area contributed by atoms with Crippen molar-refractivity contribution in [3.63, 3.8) is 0 Å². The van der Waals surface area contributed by atoms with Crippen molar-refractivity contribution in [2.75, 3.05) is 7.05 Å². The van der Waals surface area contributed by atoms with E-state index >= 15 is 0 Å². The Morgan fingerprint density at radius 2 is 1.97 bits per heavy atom. The number of nitrogens with one attached hydrogen (secondary N) is 1. The molecule has 1 aliphatic rings. The fourth-order valence-corrected chi connectivity index (χ4v) is 5.36. The van der Waals surface area contributed by atoms with Gasteiger partial charge in [0.2, 0.25) is 5.91 Å². The Morgan fingerprint density at radius 3 is 2.66 bits per heavy atom. The van der Waals surface area contributed by atoms with Crippen molar-refractivity contribution in [1.82, 2.24) is 29.6 Å². The highest BCUT2D eigenvalue weighted by molar-refractivity contribution is 7.15. The topological polar surface area (TPSA) is 90.0 Å². The Morgan fingerprint density at radius 1 is 1.20 bits per heavy atom. The van der Waals surface area contributed by atoms with Gasteiger partial charge in [-0.3, -0.25) is 14.4 Å². The van der Waals surface area contributed by atoms with Crippen LogP contribution in [0.1, 0.15) is 51.4 Å². The summed E-state index contributed by atoms with van der Waals surface area (Å²) in [5.74, 6) is 7.78. The molecule has 3 aromatic heterocycles. The third kappa shape index (κ3) is 4.16. The van der Waals surface area contributed by atoms with Crippen LogP contribution in [0.3, 0.4) is 0 Å². The number of benzene rings is 1. The molecule has 4 heterocycles. The van der Waals surface area contributed by atoms with Crippen molar-refractivity contribution in [2.24, 2.45) is 12.0 Å². The summed E-state index contributed by atoms with van der Waals surface area (Å²) < 4.78 is 3.88. The third-order valence-corrected chi connectivity index (χ3v) is 7.34. The molecule has 1 N–H and O–H groups in total. The number of aromatic nitrogens is 5. The van der Waals surface area contributed by atoms with E-state index < -0.39 is 6.04 Å². The second-order valence-corrected chi connectivity index (χ2v) is 9.63. The lowest BCUT2D eigenvalue weighted by Gasteiger charge is -2.12. The maximum absolute atomic E-state index is 12.4. The first-order valence-electron chi connectivity index (χ1n) is 11.0. The number of nitrogens with zero attached hydrogens (tertiary/aromatic N) is 6. The Balaban J connectivity index is 1.75. The molecule has 0 radical (unpaired) electrons. The number of imidazole rings is 1. The molecule has 1 aliphatic heterocycles. The van der Waals surface area contributed by atoms with Crippen LogP contribution in [0, 0.1) is 25.7 Å². The molecule has 176 valence electrons. The zero-order valence-corrected chi connectivity index (χ0v) is 21.2. The number of fused-ring (bicyclic) bond motifs is 3. The average molecular weight is 504 g/mol. The molecule has 0 fully saturated rings. The fraction of sp³-hybridized carbons (Fsp3) is 0.240. The molecule has 1 atom stereocenters. The van der Waals surface area contributed by atoms with Crippen LogP contribution in [0.2, 0.25) is 5.02 Å². The first-order chi connectivity index (χ1) is 16.9. The van der Waals surface area contributed by atoms with Crippen LogP contribution < -0.4 is 5.32 Å². The van der Waals surface area contributed by atoms with Gasteiger partial charge in [-0.2, -0.15) is 0 Å². The van der Waals surface area contributed by atoms with Crippen LogP contribution >= 0.6 is 22.9 Å². The smallest absolute Gasteiger partial charge is 0.222 e. The van der Waals surface area contributed by atoms with Gasteiger partial charge in [0.15, 0.2) is 5.82 Å². The molecule has 4 aromatic rings. The van der Waals surface area contributed by atoms with E-state index in [1.165, 1.54) is 0 Å². The van der Waals surface area contributed by atoms with E-state index in [1.54, 1.807) is 30.9 Å². The van der Waals surface area contributed by atoms with Gasteiger partial charge in [0.1, 0.15) is 22.6 Å². The van der Waals surface area contributed by atoms with Crippen LogP contribution in [0.5, 0.6) is 0 Å². The summed E-state index contributed by atoms with van der Waals surface area (Å²) in [5, 5.41) is 13.0. The molecule has 1 aromatic carbocycles. The number of amides is 1. The number of rotatable bonds is 3. The highest BCUT2D eigenvalue weighted by atomic mass is 35.5. The van der Waals surface area contributed by atoms with Crippen LogP contribution in [-0.2, 0) is 11.8 Å². The summed E-state index contributed by atoms with van der Waals surface area (Å²) in [6.45, 7) is 3.95. The predicted octanol–water partition coefficient (Wildman–Crippen LogP) is 3.76. The van der Waals surface area contributed by atoms with Crippen molar-refractivity contribution in [2.45, 2.75) is 26.3 Å². The molecule has 8 nitrogen and oxygen atoms in total. The molecule has 1 amide bonds. The quantitative estimate of drug-likeness (QED) is 0.431. The predicted molar refractivity (Wildman–Crippen MR) is 136 cm³/mol. The van der Waals surface area contributed by atoms with Crippen LogP contribution in [0.4, 0.5) is 0 Å². The van der Waals surface area contributed by atoms with Gasteiger partial charge in [0.25, 0.3) is 0 Å². The zero-order valence-electron chi connectivity index (χ0n) is 19.6. The number of carbonyl (C=O) groups excluding carboxylic acids is 1. The largest absolute Gasteiger partial charge is 0.359 e. The molecule has 35 heavy (non-hydrogen) atoms. The summed E-state index contributed by atoms with van der Waals surface area (Å²) in [6, 6.07) is 7.07. The second-order valence-electron chi connectivity index (χ2n) is 8.19. The molecule has 0 unspecified atom stereocenters. The first-order valence-corrected chi connectivity index (χ1v) is 12.2. The lowest BCUT2D eigenvalue weighted by Crippen LogP contribution is -2.21. The number of hydrogen-bond acceptors (Lipinski definition) is 6. The molecule has 0 aliphatic carbocycles. The van der Waals surface area contributed by atoms with Gasteiger partial charge >= 0.3 is 0 Å². The van der Waals surface area contributed by atoms with E-state index in [-0.39, 0.29) is 12.3 Å². The van der Waals surface area contributed by atoms with Crippen molar-refractivity contribution >= 4 is 34.6 Å². The SMILES string of the molecule is CNC(=O)C[C@@H]1N=C(c2ccc(Cl)cc2)c2c(sc(C#Cc3cncn3C)c2C)-n2c(C)nnc21. The normalized spacial score (nSPS) is 14.3. The van der Waals surface area contributed by atoms with Gasteiger partial charge in [-0.25, -0.2) is 4.98 Å². The molecule has 0 saturated heterocycles. The van der Waals surface area contributed by atoms with Crippen LogP contribution in [-0.4, -0.2) is 43.0 Å². The molecule has 0 spiro atoms. The number of carbonyl (C=O) groups is 1. The number of halogens is 1. The minimum atomic E-state index is -0.496. The van der Waals surface area contributed by atoms with Crippen LogP contribution in [0.15, 0.2) is 41.8 Å². The minimum Gasteiger partial charge on any atom is -0.359 e. The number of hydrogen-bond donors (Lipinski definition) is 1. The fourth-order valence-electron chi connectivity index (χ4n) is 4.02. The number of aryl methyl sites for hydroxylation is 2. The molecule has 0 bridgehead atoms. The van der Waals surface area contributed by atoms with Gasteiger partial charge in [0.05, 0.1) is 29.5 Å². The molecular weight excluding hydrogens is 482 g/mol. The highest BCUT2D eigenvalue weighted by Crippen LogP contribution is 2.39. The lowest BCUT2D eigenvalue weighted by molar-refractivity contribution is -0.121. The third-order valence-electron chi connectivity index (χ3n) is 5.90. The number of aliphatic imine (C=N–C) groups is 1. The summed E-state index contributed by atoms with van der Waals surface area (Å²) in [5.41, 5.74) is 4.47. The maximum atomic E-state index is 12.4. The minimum absolute atomic E-state index is 0.119. The second kappa shape index (κ2) is 9.13. The summed E-state index contributed by atoms with van der Waals surface area (Å²) in [6.07, 6.45) is 3.63. The van der Waals surface area contributed by atoms with E-state index in [4.69, 9.17) is 16.6 Å². The van der Waals surface area contributed by atoms with E-state index in [1.807, 2.05) is 54.3 Å². The number of thiophene rings is 1. The van der Waals surface area contributed by atoms with Crippen LogP contribution in [0.25, 0.3) is 5.00 Å². The van der Waals surface area contributed by atoms with Gasteiger partial charge < -0.3 is 9.88 Å². The Kier molecular flexibility index (Phi) is 6.01. The van der Waals surface area contributed by atoms with Crippen molar-refractivity contribution in [3.8, 4) is 16.8 Å². The molecular formula is C25H22ClN7OS. The lowest BCUT2D eigenvalue weighted by atomic mass is 9.99. The molecule has 0 saturated carbocycles. The average Bonchev–Trinajstić information content (AvgIpc) is 3.50. The van der Waals surface area contributed by atoms with E-state index in [9.17, 15) is 4.79 Å².